The molecule has 0 radical (unpaired) electrons. The van der Waals surface area contributed by atoms with Crippen LogP contribution in [0.4, 0.5) is 18.9 Å². The van der Waals surface area contributed by atoms with Crippen LogP contribution in [0.1, 0.15) is 17.3 Å². The molecule has 0 fully saturated rings. The molecule has 0 heterocycles. The molecule has 0 aliphatic carbocycles. The second-order valence-corrected chi connectivity index (χ2v) is 4.79. The van der Waals surface area contributed by atoms with Crippen LogP contribution in [0.25, 0.3) is 0 Å². The zero-order valence-electron chi connectivity index (χ0n) is 12.1. The highest BCUT2D eigenvalue weighted by molar-refractivity contribution is 6.00. The number of para-hydroxylation sites is 1. The van der Waals surface area contributed by atoms with Crippen LogP contribution in [-0.4, -0.2) is 17.9 Å². The monoisotopic (exact) mass is 322 g/mol. The second kappa shape index (κ2) is 6.95. The lowest BCUT2D eigenvalue weighted by Gasteiger charge is -2.14. The van der Waals surface area contributed by atoms with Gasteiger partial charge in [-0.05, 0) is 37.3 Å². The van der Waals surface area contributed by atoms with Gasteiger partial charge in [0.2, 0.25) is 5.91 Å². The highest BCUT2D eigenvalue weighted by Crippen LogP contribution is 2.13. The SMILES string of the molecule is CC(NC(=O)c1ccc(F)c(F)c1)C(=O)Nc1ccccc1F. The molecule has 0 aliphatic rings. The lowest BCUT2D eigenvalue weighted by Crippen LogP contribution is -2.41. The van der Waals surface area contributed by atoms with Crippen molar-refractivity contribution in [3.05, 3.63) is 65.5 Å². The maximum Gasteiger partial charge on any atom is 0.252 e. The minimum atomic E-state index is -1.17. The average molecular weight is 322 g/mol. The summed E-state index contributed by atoms with van der Waals surface area (Å²) < 4.78 is 39.4. The van der Waals surface area contributed by atoms with E-state index in [2.05, 4.69) is 10.6 Å². The Balaban J connectivity index is 2.01. The van der Waals surface area contributed by atoms with E-state index >= 15 is 0 Å². The minimum Gasteiger partial charge on any atom is -0.341 e. The molecular weight excluding hydrogens is 309 g/mol. The van der Waals surface area contributed by atoms with E-state index in [1.54, 1.807) is 6.07 Å². The van der Waals surface area contributed by atoms with Gasteiger partial charge in [-0.15, -0.1) is 0 Å². The van der Waals surface area contributed by atoms with E-state index < -0.39 is 35.3 Å². The maximum atomic E-state index is 13.4. The number of hydrogen-bond donors (Lipinski definition) is 2. The highest BCUT2D eigenvalue weighted by Gasteiger charge is 2.18. The molecule has 2 aromatic rings. The summed E-state index contributed by atoms with van der Waals surface area (Å²) in [5, 5.41) is 4.64. The van der Waals surface area contributed by atoms with Gasteiger partial charge < -0.3 is 10.6 Å². The zero-order chi connectivity index (χ0) is 17.0. The van der Waals surface area contributed by atoms with Crippen LogP contribution >= 0.6 is 0 Å². The summed E-state index contributed by atoms with van der Waals surface area (Å²) in [5.74, 6) is -4.25. The van der Waals surface area contributed by atoms with E-state index in [9.17, 15) is 22.8 Å². The fraction of sp³-hybridized carbons (Fsp3) is 0.125. The number of nitrogens with one attached hydrogen (secondary N) is 2. The van der Waals surface area contributed by atoms with Gasteiger partial charge in [-0.25, -0.2) is 13.2 Å². The van der Waals surface area contributed by atoms with Crippen LogP contribution in [0.2, 0.25) is 0 Å². The van der Waals surface area contributed by atoms with E-state index in [1.165, 1.54) is 25.1 Å². The minimum absolute atomic E-state index is 0.0218. The van der Waals surface area contributed by atoms with Crippen molar-refractivity contribution < 1.29 is 22.8 Å². The third-order valence-corrected chi connectivity index (χ3v) is 3.05. The molecule has 0 saturated carbocycles. The van der Waals surface area contributed by atoms with Crippen molar-refractivity contribution in [3.8, 4) is 0 Å². The molecule has 0 aliphatic heterocycles. The molecule has 0 bridgehead atoms. The van der Waals surface area contributed by atoms with Crippen molar-refractivity contribution in [2.24, 2.45) is 0 Å². The molecule has 1 unspecified atom stereocenters. The van der Waals surface area contributed by atoms with Crippen molar-refractivity contribution in [2.45, 2.75) is 13.0 Å². The summed E-state index contributed by atoms with van der Waals surface area (Å²) >= 11 is 0. The van der Waals surface area contributed by atoms with Gasteiger partial charge >= 0.3 is 0 Å². The van der Waals surface area contributed by atoms with Crippen molar-refractivity contribution in [2.75, 3.05) is 5.32 Å². The summed E-state index contributed by atoms with van der Waals surface area (Å²) in [7, 11) is 0. The predicted molar refractivity (Wildman–Crippen MR) is 78.3 cm³/mol. The molecule has 0 spiro atoms. The van der Waals surface area contributed by atoms with Crippen LogP contribution in [0.3, 0.4) is 0 Å². The number of carbonyl (C=O) groups is 2. The van der Waals surface area contributed by atoms with Gasteiger partial charge in [0.05, 0.1) is 5.69 Å². The first-order valence-corrected chi connectivity index (χ1v) is 6.70. The van der Waals surface area contributed by atoms with Crippen LogP contribution < -0.4 is 10.6 Å². The summed E-state index contributed by atoms with van der Waals surface area (Å²) in [6.07, 6.45) is 0. The number of hydrogen-bond acceptors (Lipinski definition) is 2. The lowest BCUT2D eigenvalue weighted by molar-refractivity contribution is -0.117. The molecule has 4 nitrogen and oxygen atoms in total. The predicted octanol–water partition coefficient (Wildman–Crippen LogP) is 2.86. The van der Waals surface area contributed by atoms with E-state index in [0.717, 1.165) is 18.2 Å². The number of benzene rings is 2. The molecule has 0 aromatic heterocycles. The Morgan fingerprint density at radius 1 is 0.957 bits per heavy atom. The molecule has 2 N–H and O–H groups in total. The van der Waals surface area contributed by atoms with Crippen LogP contribution in [0.5, 0.6) is 0 Å². The largest absolute Gasteiger partial charge is 0.341 e. The van der Waals surface area contributed by atoms with Gasteiger partial charge in [0.15, 0.2) is 11.6 Å². The Morgan fingerprint density at radius 3 is 2.30 bits per heavy atom. The zero-order valence-corrected chi connectivity index (χ0v) is 12.1. The first kappa shape index (κ1) is 16.5. The quantitative estimate of drug-likeness (QED) is 0.909. The smallest absolute Gasteiger partial charge is 0.252 e. The Kier molecular flexibility index (Phi) is 5.00. The summed E-state index contributed by atoms with van der Waals surface area (Å²) in [6.45, 7) is 1.38. The van der Waals surface area contributed by atoms with E-state index in [-0.39, 0.29) is 11.3 Å². The molecule has 0 saturated heterocycles. The summed E-state index contributed by atoms with van der Waals surface area (Å²) in [6, 6.07) is 7.20. The molecule has 2 rings (SSSR count). The number of amides is 2. The Hall–Kier alpha value is -2.83. The van der Waals surface area contributed by atoms with Crippen molar-refractivity contribution in [1.82, 2.24) is 5.32 Å². The van der Waals surface area contributed by atoms with E-state index in [0.29, 0.717) is 0 Å². The summed E-state index contributed by atoms with van der Waals surface area (Å²) in [5.41, 5.74) is -0.152. The number of rotatable bonds is 4. The van der Waals surface area contributed by atoms with Crippen LogP contribution in [-0.2, 0) is 4.79 Å². The van der Waals surface area contributed by atoms with Crippen LogP contribution in [0.15, 0.2) is 42.5 Å². The average Bonchev–Trinajstić information content (AvgIpc) is 2.52. The van der Waals surface area contributed by atoms with E-state index in [1.807, 2.05) is 0 Å². The molecular formula is C16H13F3N2O2. The van der Waals surface area contributed by atoms with Crippen molar-refractivity contribution in [3.63, 3.8) is 0 Å². The Labute approximate surface area is 130 Å². The van der Waals surface area contributed by atoms with Crippen molar-refractivity contribution in [1.29, 1.82) is 0 Å². The fourth-order valence-electron chi connectivity index (χ4n) is 1.79. The first-order chi connectivity index (χ1) is 10.9. The summed E-state index contributed by atoms with van der Waals surface area (Å²) in [4.78, 5) is 23.8. The van der Waals surface area contributed by atoms with Gasteiger partial charge in [0.25, 0.3) is 5.91 Å². The standard InChI is InChI=1S/C16H13F3N2O2/c1-9(15(22)21-14-5-3-2-4-12(14)18)20-16(23)10-6-7-11(17)13(19)8-10/h2-9H,1H3,(H,20,23)(H,21,22). The Morgan fingerprint density at radius 2 is 1.65 bits per heavy atom. The van der Waals surface area contributed by atoms with Crippen molar-refractivity contribution >= 4 is 17.5 Å². The number of anilines is 1. The normalized spacial score (nSPS) is 11.7. The van der Waals surface area contributed by atoms with Gasteiger partial charge in [-0.1, -0.05) is 12.1 Å². The third-order valence-electron chi connectivity index (χ3n) is 3.05. The third kappa shape index (κ3) is 4.09. The van der Waals surface area contributed by atoms with Crippen LogP contribution in [0, 0.1) is 17.5 Å². The van der Waals surface area contributed by atoms with Gasteiger partial charge in [0.1, 0.15) is 11.9 Å². The Bertz CT molecular complexity index is 750. The highest BCUT2D eigenvalue weighted by atomic mass is 19.2. The van der Waals surface area contributed by atoms with Gasteiger partial charge in [-0.3, -0.25) is 9.59 Å². The first-order valence-electron chi connectivity index (χ1n) is 6.70. The topological polar surface area (TPSA) is 58.2 Å². The maximum absolute atomic E-state index is 13.4. The van der Waals surface area contributed by atoms with Gasteiger partial charge in [0, 0.05) is 5.56 Å². The van der Waals surface area contributed by atoms with E-state index in [4.69, 9.17) is 0 Å². The second-order valence-electron chi connectivity index (χ2n) is 4.79. The van der Waals surface area contributed by atoms with Gasteiger partial charge in [-0.2, -0.15) is 0 Å². The molecule has 120 valence electrons. The fourth-order valence-corrected chi connectivity index (χ4v) is 1.79. The molecule has 2 amide bonds. The number of halogens is 3. The molecule has 2 aromatic carbocycles. The number of carbonyl (C=O) groups excluding carboxylic acids is 2. The molecule has 7 heteroatoms. The molecule has 23 heavy (non-hydrogen) atoms. The molecule has 1 atom stereocenters. The lowest BCUT2D eigenvalue weighted by atomic mass is 10.2.